The molecule has 0 spiro atoms. The summed E-state index contributed by atoms with van der Waals surface area (Å²) >= 11 is 1.36. The Bertz CT molecular complexity index is 1320. The van der Waals surface area contributed by atoms with Crippen LogP contribution in [0.15, 0.2) is 35.7 Å². The van der Waals surface area contributed by atoms with Gasteiger partial charge in [-0.3, -0.25) is 10.1 Å². The molecular formula is C24H25N3O5S. The van der Waals surface area contributed by atoms with Crippen LogP contribution >= 0.6 is 11.3 Å². The van der Waals surface area contributed by atoms with E-state index in [0.717, 1.165) is 33.6 Å². The molecule has 0 fully saturated rings. The van der Waals surface area contributed by atoms with Crippen LogP contribution in [0.4, 0.5) is 5.13 Å². The van der Waals surface area contributed by atoms with Crippen LogP contribution in [0.1, 0.15) is 16.1 Å². The predicted molar refractivity (Wildman–Crippen MR) is 129 cm³/mol. The molecule has 0 aliphatic carbocycles. The van der Waals surface area contributed by atoms with Crippen LogP contribution in [0.3, 0.4) is 0 Å². The molecule has 0 unspecified atom stereocenters. The number of benzene rings is 2. The van der Waals surface area contributed by atoms with E-state index in [-0.39, 0.29) is 5.91 Å². The van der Waals surface area contributed by atoms with Gasteiger partial charge in [-0.05, 0) is 37.3 Å². The highest BCUT2D eigenvalue weighted by Crippen LogP contribution is 2.39. The molecule has 4 aromatic rings. The Balaban J connectivity index is 1.67. The highest BCUT2D eigenvalue weighted by molar-refractivity contribution is 7.14. The van der Waals surface area contributed by atoms with Gasteiger partial charge < -0.3 is 23.5 Å². The number of nitrogens with one attached hydrogen (secondary N) is 1. The molecule has 8 nitrogen and oxygen atoms in total. The molecule has 2 aromatic heterocycles. The van der Waals surface area contributed by atoms with Gasteiger partial charge in [-0.1, -0.05) is 0 Å². The van der Waals surface area contributed by atoms with Gasteiger partial charge in [0, 0.05) is 40.2 Å². The van der Waals surface area contributed by atoms with Gasteiger partial charge >= 0.3 is 0 Å². The molecule has 0 bridgehead atoms. The van der Waals surface area contributed by atoms with Crippen LogP contribution in [-0.2, 0) is 7.05 Å². The molecule has 0 saturated heterocycles. The summed E-state index contributed by atoms with van der Waals surface area (Å²) in [6.07, 6.45) is 0. The monoisotopic (exact) mass is 467 g/mol. The molecule has 0 radical (unpaired) electrons. The Morgan fingerprint density at radius 2 is 1.70 bits per heavy atom. The fourth-order valence-corrected chi connectivity index (χ4v) is 4.53. The third-order valence-electron chi connectivity index (χ3n) is 5.61. The average molecular weight is 468 g/mol. The molecule has 0 atom stereocenters. The summed E-state index contributed by atoms with van der Waals surface area (Å²) in [5.74, 6) is 1.69. The minimum atomic E-state index is -0.327. The van der Waals surface area contributed by atoms with Crippen molar-refractivity contribution in [3.8, 4) is 34.3 Å². The first-order valence-corrected chi connectivity index (χ1v) is 11.0. The summed E-state index contributed by atoms with van der Waals surface area (Å²) in [6.45, 7) is 2.05. The highest BCUT2D eigenvalue weighted by Gasteiger charge is 2.20. The molecule has 1 amide bonds. The lowest BCUT2D eigenvalue weighted by atomic mass is 10.1. The number of carbonyl (C=O) groups is 1. The average Bonchev–Trinajstić information content (AvgIpc) is 3.39. The zero-order valence-corrected chi connectivity index (χ0v) is 20.1. The number of anilines is 1. The Morgan fingerprint density at radius 3 is 2.30 bits per heavy atom. The van der Waals surface area contributed by atoms with Crippen molar-refractivity contribution in [1.29, 1.82) is 0 Å². The number of rotatable bonds is 7. The zero-order valence-electron chi connectivity index (χ0n) is 19.3. The number of thiazole rings is 1. The van der Waals surface area contributed by atoms with E-state index in [4.69, 9.17) is 18.9 Å². The van der Waals surface area contributed by atoms with E-state index in [9.17, 15) is 4.79 Å². The van der Waals surface area contributed by atoms with Crippen molar-refractivity contribution in [3.05, 3.63) is 47.0 Å². The molecule has 1 N–H and O–H groups in total. The molecule has 4 rings (SSSR count). The standard InChI is InChI=1S/C24H25N3O5S/c1-13-21(16-11-15(29-3)7-8-18(16)27(13)2)17-12-33-24(25-17)26-23(28)14-9-19(30-4)22(32-6)20(10-14)31-5/h7-12H,1-6H3,(H,25,26,28). The maximum absolute atomic E-state index is 12.9. The zero-order chi connectivity index (χ0) is 23.7. The molecule has 0 aliphatic rings. The summed E-state index contributed by atoms with van der Waals surface area (Å²) in [5.41, 5.74) is 4.32. The third kappa shape index (κ3) is 3.95. The van der Waals surface area contributed by atoms with Crippen LogP contribution < -0.4 is 24.3 Å². The quantitative estimate of drug-likeness (QED) is 0.416. The normalized spacial score (nSPS) is 10.8. The SMILES string of the molecule is COc1ccc2c(c1)c(-c1csc(NC(=O)c3cc(OC)c(OC)c(OC)c3)n1)c(C)n2C. The van der Waals surface area contributed by atoms with Crippen molar-refractivity contribution in [1.82, 2.24) is 9.55 Å². The van der Waals surface area contributed by atoms with Gasteiger partial charge in [0.25, 0.3) is 5.91 Å². The second kappa shape index (κ2) is 9.03. The number of aryl methyl sites for hydroxylation is 1. The number of fused-ring (bicyclic) bond motifs is 1. The largest absolute Gasteiger partial charge is 0.497 e. The van der Waals surface area contributed by atoms with E-state index in [1.807, 2.05) is 30.6 Å². The van der Waals surface area contributed by atoms with Crippen molar-refractivity contribution in [2.75, 3.05) is 33.8 Å². The van der Waals surface area contributed by atoms with Gasteiger partial charge in [-0.15, -0.1) is 11.3 Å². The lowest BCUT2D eigenvalue weighted by Gasteiger charge is -2.13. The van der Waals surface area contributed by atoms with Gasteiger partial charge in [0.15, 0.2) is 16.6 Å². The number of nitrogens with zero attached hydrogens (tertiary/aromatic N) is 2. The summed E-state index contributed by atoms with van der Waals surface area (Å²) in [4.78, 5) is 17.6. The van der Waals surface area contributed by atoms with Crippen molar-refractivity contribution in [3.63, 3.8) is 0 Å². The van der Waals surface area contributed by atoms with Crippen molar-refractivity contribution in [2.45, 2.75) is 6.92 Å². The van der Waals surface area contributed by atoms with E-state index < -0.39 is 0 Å². The number of hydrogen-bond donors (Lipinski definition) is 1. The third-order valence-corrected chi connectivity index (χ3v) is 6.36. The first-order chi connectivity index (χ1) is 15.9. The van der Waals surface area contributed by atoms with Crippen molar-refractivity contribution < 1.29 is 23.7 Å². The number of aromatic nitrogens is 2. The number of amides is 1. The van der Waals surface area contributed by atoms with Crippen LogP contribution in [0, 0.1) is 6.92 Å². The summed E-state index contributed by atoms with van der Waals surface area (Å²) in [7, 11) is 8.20. The van der Waals surface area contributed by atoms with E-state index >= 15 is 0 Å². The lowest BCUT2D eigenvalue weighted by Crippen LogP contribution is -2.12. The topological polar surface area (TPSA) is 83.8 Å². The van der Waals surface area contributed by atoms with Crippen molar-refractivity contribution in [2.24, 2.45) is 7.05 Å². The molecule has 33 heavy (non-hydrogen) atoms. The van der Waals surface area contributed by atoms with Crippen LogP contribution in [0.5, 0.6) is 23.0 Å². The van der Waals surface area contributed by atoms with Gasteiger partial charge in [0.2, 0.25) is 5.75 Å². The molecule has 2 heterocycles. The highest BCUT2D eigenvalue weighted by atomic mass is 32.1. The summed E-state index contributed by atoms with van der Waals surface area (Å²) in [5, 5.41) is 6.34. The van der Waals surface area contributed by atoms with E-state index in [0.29, 0.717) is 27.9 Å². The van der Waals surface area contributed by atoms with Crippen molar-refractivity contribution >= 4 is 33.3 Å². The number of carbonyl (C=O) groups excluding carboxylic acids is 1. The van der Waals surface area contributed by atoms with E-state index in [1.54, 1.807) is 19.2 Å². The van der Waals surface area contributed by atoms with Gasteiger partial charge in [0.05, 0.1) is 34.1 Å². The Hall–Kier alpha value is -3.72. The van der Waals surface area contributed by atoms with Gasteiger partial charge in [0.1, 0.15) is 5.75 Å². The number of hydrogen-bond acceptors (Lipinski definition) is 7. The first-order valence-electron chi connectivity index (χ1n) is 10.1. The smallest absolute Gasteiger partial charge is 0.257 e. The van der Waals surface area contributed by atoms with Gasteiger partial charge in [-0.25, -0.2) is 4.98 Å². The lowest BCUT2D eigenvalue weighted by molar-refractivity contribution is 0.102. The second-order valence-corrected chi connectivity index (χ2v) is 8.17. The maximum atomic E-state index is 12.9. The number of ether oxygens (including phenoxy) is 4. The molecule has 172 valence electrons. The first kappa shape index (κ1) is 22.5. The summed E-state index contributed by atoms with van der Waals surface area (Å²) < 4.78 is 23.6. The molecule has 9 heteroatoms. The van der Waals surface area contributed by atoms with Crippen LogP contribution in [0.25, 0.3) is 22.2 Å². The predicted octanol–water partition coefficient (Wildman–Crippen LogP) is 4.90. The minimum Gasteiger partial charge on any atom is -0.497 e. The number of methoxy groups -OCH3 is 4. The van der Waals surface area contributed by atoms with Gasteiger partial charge in [-0.2, -0.15) is 0 Å². The van der Waals surface area contributed by atoms with E-state index in [2.05, 4.69) is 21.8 Å². The Morgan fingerprint density at radius 1 is 1.00 bits per heavy atom. The maximum Gasteiger partial charge on any atom is 0.257 e. The van der Waals surface area contributed by atoms with E-state index in [1.165, 1.54) is 32.7 Å². The van der Waals surface area contributed by atoms with Crippen LogP contribution in [-0.4, -0.2) is 43.9 Å². The minimum absolute atomic E-state index is 0.327. The molecule has 0 aliphatic heterocycles. The Kier molecular flexibility index (Phi) is 6.15. The van der Waals surface area contributed by atoms with Crippen LogP contribution in [0.2, 0.25) is 0 Å². The fourth-order valence-electron chi connectivity index (χ4n) is 3.83. The second-order valence-electron chi connectivity index (χ2n) is 7.31. The summed E-state index contributed by atoms with van der Waals surface area (Å²) in [6, 6.07) is 9.18. The molecular weight excluding hydrogens is 442 g/mol. The fraction of sp³-hybridized carbons (Fsp3) is 0.250. The Labute approximate surface area is 195 Å². The molecule has 0 saturated carbocycles. The molecule has 2 aromatic carbocycles.